The quantitative estimate of drug-likeness (QED) is 0.914. The Bertz CT molecular complexity index is 741. The number of nitrogens with zero attached hydrogens (tertiary/aromatic N) is 3. The van der Waals surface area contributed by atoms with Gasteiger partial charge < -0.3 is 10.2 Å². The molecule has 1 aromatic heterocycles. The van der Waals surface area contributed by atoms with Crippen LogP contribution in [0.4, 0.5) is 13.2 Å². The number of hydrogen-bond acceptors (Lipinski definition) is 3. The summed E-state index contributed by atoms with van der Waals surface area (Å²) >= 11 is 0. The molecule has 1 saturated heterocycles. The highest BCUT2D eigenvalue weighted by Crippen LogP contribution is 2.30. The lowest BCUT2D eigenvalue weighted by atomic mass is 10.1. The van der Waals surface area contributed by atoms with Crippen molar-refractivity contribution in [3.8, 4) is 5.69 Å². The molecule has 24 heavy (non-hydrogen) atoms. The second-order valence-electron chi connectivity index (χ2n) is 5.73. The van der Waals surface area contributed by atoms with Crippen LogP contribution in [-0.4, -0.2) is 46.3 Å². The third-order valence-electron chi connectivity index (χ3n) is 4.03. The summed E-state index contributed by atoms with van der Waals surface area (Å²) < 4.78 is 39.9. The van der Waals surface area contributed by atoms with E-state index >= 15 is 0 Å². The molecule has 1 atom stereocenters. The molecule has 0 spiro atoms. The monoisotopic (exact) mass is 338 g/mol. The molecule has 1 fully saturated rings. The number of carbonyl (C=O) groups is 1. The van der Waals surface area contributed by atoms with Crippen LogP contribution < -0.4 is 5.32 Å². The van der Waals surface area contributed by atoms with E-state index in [1.807, 2.05) is 6.92 Å². The maximum atomic E-state index is 13.0. The van der Waals surface area contributed by atoms with Gasteiger partial charge in [-0.3, -0.25) is 4.79 Å². The van der Waals surface area contributed by atoms with Crippen LogP contribution in [0.5, 0.6) is 0 Å². The van der Waals surface area contributed by atoms with Crippen molar-refractivity contribution >= 4 is 5.91 Å². The topological polar surface area (TPSA) is 50.2 Å². The van der Waals surface area contributed by atoms with E-state index in [-0.39, 0.29) is 17.6 Å². The van der Waals surface area contributed by atoms with Gasteiger partial charge >= 0.3 is 6.18 Å². The molecule has 5 nitrogen and oxygen atoms in total. The van der Waals surface area contributed by atoms with Gasteiger partial charge in [0.1, 0.15) is 5.69 Å². The molecule has 128 valence electrons. The Balaban J connectivity index is 1.93. The molecule has 0 saturated carbocycles. The number of benzene rings is 1. The van der Waals surface area contributed by atoms with Gasteiger partial charge in [0.2, 0.25) is 0 Å². The molecule has 0 radical (unpaired) electrons. The molecule has 0 aliphatic carbocycles. The predicted molar refractivity (Wildman–Crippen MR) is 81.9 cm³/mol. The Morgan fingerprint density at radius 1 is 1.33 bits per heavy atom. The van der Waals surface area contributed by atoms with Crippen LogP contribution >= 0.6 is 0 Å². The number of nitrogens with one attached hydrogen (secondary N) is 1. The van der Waals surface area contributed by atoms with Crippen LogP contribution in [0.2, 0.25) is 0 Å². The van der Waals surface area contributed by atoms with Crippen molar-refractivity contribution in [1.29, 1.82) is 0 Å². The molecule has 2 aromatic rings. The van der Waals surface area contributed by atoms with Crippen molar-refractivity contribution in [1.82, 2.24) is 20.0 Å². The lowest BCUT2D eigenvalue weighted by molar-refractivity contribution is -0.142. The zero-order chi connectivity index (χ0) is 17.3. The van der Waals surface area contributed by atoms with Crippen molar-refractivity contribution in [2.75, 3.05) is 19.6 Å². The number of amides is 1. The van der Waals surface area contributed by atoms with Gasteiger partial charge in [-0.05, 0) is 31.2 Å². The number of aromatic nitrogens is 2. The first-order valence-electron chi connectivity index (χ1n) is 7.61. The number of rotatable bonds is 2. The van der Waals surface area contributed by atoms with E-state index in [0.717, 1.165) is 16.9 Å². The van der Waals surface area contributed by atoms with Crippen LogP contribution in [0.3, 0.4) is 0 Å². The van der Waals surface area contributed by atoms with Crippen LogP contribution in [0.25, 0.3) is 5.69 Å². The predicted octanol–water partition coefficient (Wildman–Crippen LogP) is 2.32. The lowest BCUT2D eigenvalue weighted by Crippen LogP contribution is -2.52. The first-order valence-corrected chi connectivity index (χ1v) is 7.61. The van der Waals surface area contributed by atoms with Gasteiger partial charge in [0, 0.05) is 31.2 Å². The molecule has 1 aliphatic rings. The molecular weight excluding hydrogens is 321 g/mol. The Kier molecular flexibility index (Phi) is 4.31. The maximum Gasteiger partial charge on any atom is 0.433 e. The highest BCUT2D eigenvalue weighted by molar-refractivity contribution is 5.95. The third-order valence-corrected chi connectivity index (χ3v) is 4.03. The van der Waals surface area contributed by atoms with E-state index in [4.69, 9.17) is 0 Å². The van der Waals surface area contributed by atoms with Gasteiger partial charge in [-0.25, -0.2) is 4.68 Å². The van der Waals surface area contributed by atoms with Crippen molar-refractivity contribution in [2.24, 2.45) is 0 Å². The molecule has 1 N–H and O–H groups in total. The fourth-order valence-corrected chi connectivity index (χ4v) is 2.80. The van der Waals surface area contributed by atoms with E-state index in [0.29, 0.717) is 25.2 Å². The molecule has 2 heterocycles. The standard InChI is InChI=1S/C16H17F3N4O/c1-11-10-20-7-8-22(11)15(24)12-3-2-4-13(9-12)23-14(5-6-21-23)16(17,18)19/h2-6,9,11,20H,7-8,10H2,1H3/t11-/m0/s1. The highest BCUT2D eigenvalue weighted by Gasteiger charge is 2.35. The summed E-state index contributed by atoms with van der Waals surface area (Å²) in [6.07, 6.45) is -3.42. The number of hydrogen-bond donors (Lipinski definition) is 1. The summed E-state index contributed by atoms with van der Waals surface area (Å²) in [6, 6.07) is 7.06. The van der Waals surface area contributed by atoms with Crippen molar-refractivity contribution < 1.29 is 18.0 Å². The molecule has 0 unspecified atom stereocenters. The summed E-state index contributed by atoms with van der Waals surface area (Å²) in [7, 11) is 0. The molecule has 3 rings (SSSR count). The summed E-state index contributed by atoms with van der Waals surface area (Å²) in [5, 5.41) is 6.94. The van der Waals surface area contributed by atoms with Gasteiger partial charge in [-0.2, -0.15) is 18.3 Å². The average Bonchev–Trinajstić information content (AvgIpc) is 3.05. The van der Waals surface area contributed by atoms with Crippen LogP contribution in [0.1, 0.15) is 23.0 Å². The Labute approximate surface area is 137 Å². The van der Waals surface area contributed by atoms with E-state index in [9.17, 15) is 18.0 Å². The van der Waals surface area contributed by atoms with E-state index in [1.54, 1.807) is 17.0 Å². The Morgan fingerprint density at radius 3 is 2.83 bits per heavy atom. The van der Waals surface area contributed by atoms with Crippen molar-refractivity contribution in [3.05, 3.63) is 47.8 Å². The van der Waals surface area contributed by atoms with Gasteiger partial charge in [0.15, 0.2) is 0 Å². The molecule has 8 heteroatoms. The minimum atomic E-state index is -4.51. The second-order valence-corrected chi connectivity index (χ2v) is 5.73. The largest absolute Gasteiger partial charge is 0.433 e. The maximum absolute atomic E-state index is 13.0. The smallest absolute Gasteiger partial charge is 0.333 e. The fraction of sp³-hybridized carbons (Fsp3) is 0.375. The van der Waals surface area contributed by atoms with E-state index in [2.05, 4.69) is 10.4 Å². The highest BCUT2D eigenvalue weighted by atomic mass is 19.4. The van der Waals surface area contributed by atoms with Crippen molar-refractivity contribution in [2.45, 2.75) is 19.1 Å². The Hall–Kier alpha value is -2.35. The first kappa shape index (κ1) is 16.5. The fourth-order valence-electron chi connectivity index (χ4n) is 2.80. The van der Waals surface area contributed by atoms with Crippen LogP contribution in [-0.2, 0) is 6.18 Å². The number of piperazine rings is 1. The van der Waals surface area contributed by atoms with Gasteiger partial charge in [0.25, 0.3) is 5.91 Å². The molecule has 1 aromatic carbocycles. The number of carbonyl (C=O) groups excluding carboxylic acids is 1. The molecule has 1 amide bonds. The molecule has 1 aliphatic heterocycles. The van der Waals surface area contributed by atoms with Gasteiger partial charge in [-0.1, -0.05) is 6.07 Å². The Morgan fingerprint density at radius 2 is 2.12 bits per heavy atom. The van der Waals surface area contributed by atoms with E-state index in [1.165, 1.54) is 12.1 Å². The van der Waals surface area contributed by atoms with Crippen LogP contribution in [0.15, 0.2) is 36.5 Å². The SMILES string of the molecule is C[C@H]1CNCCN1C(=O)c1cccc(-n2nccc2C(F)(F)F)c1. The summed E-state index contributed by atoms with van der Waals surface area (Å²) in [6.45, 7) is 3.90. The normalized spacial score (nSPS) is 18.7. The zero-order valence-electron chi connectivity index (χ0n) is 13.0. The second kappa shape index (κ2) is 6.27. The lowest BCUT2D eigenvalue weighted by Gasteiger charge is -2.34. The summed E-state index contributed by atoms with van der Waals surface area (Å²) in [5.41, 5.74) is -0.312. The third kappa shape index (κ3) is 3.14. The van der Waals surface area contributed by atoms with Crippen LogP contribution in [0, 0.1) is 0 Å². The number of alkyl halides is 3. The molecular formula is C16H17F3N4O. The van der Waals surface area contributed by atoms with E-state index < -0.39 is 11.9 Å². The summed E-state index contributed by atoms with van der Waals surface area (Å²) in [4.78, 5) is 14.4. The van der Waals surface area contributed by atoms with Gasteiger partial charge in [0.05, 0.1) is 11.9 Å². The minimum absolute atomic E-state index is 0.0327. The average molecular weight is 338 g/mol. The zero-order valence-corrected chi connectivity index (χ0v) is 13.0. The minimum Gasteiger partial charge on any atom is -0.333 e. The molecule has 0 bridgehead atoms. The van der Waals surface area contributed by atoms with Crippen molar-refractivity contribution in [3.63, 3.8) is 0 Å². The van der Waals surface area contributed by atoms with Gasteiger partial charge in [-0.15, -0.1) is 0 Å². The first-order chi connectivity index (χ1) is 11.4. The number of halogens is 3. The summed E-state index contributed by atoms with van der Waals surface area (Å²) in [5.74, 6) is -0.188.